The lowest BCUT2D eigenvalue weighted by Crippen LogP contribution is -2.25. The summed E-state index contributed by atoms with van der Waals surface area (Å²) in [5.74, 6) is -0.798. The molecule has 0 fully saturated rings. The minimum absolute atomic E-state index is 0.0353. The smallest absolute Gasteiger partial charge is 0.416 e. The van der Waals surface area contributed by atoms with Gasteiger partial charge in [0.05, 0.1) is 17.8 Å². The number of aliphatic carboxylic acids is 1. The van der Waals surface area contributed by atoms with Crippen LogP contribution in [0.1, 0.15) is 16.8 Å². The van der Waals surface area contributed by atoms with Crippen molar-refractivity contribution in [1.29, 1.82) is 0 Å². The number of alkyl halides is 3. The van der Waals surface area contributed by atoms with E-state index in [-0.39, 0.29) is 35.9 Å². The van der Waals surface area contributed by atoms with Crippen LogP contribution in [0.25, 0.3) is 22.8 Å². The Kier molecular flexibility index (Phi) is 5.64. The summed E-state index contributed by atoms with van der Waals surface area (Å²) in [4.78, 5) is 20.7. The molecule has 0 aliphatic rings. The lowest BCUT2D eigenvalue weighted by molar-refractivity contribution is -0.139. The molecule has 1 N–H and O–H groups in total. The molecule has 0 aliphatic heterocycles. The second-order valence-corrected chi connectivity index (χ2v) is 6.55. The highest BCUT2D eigenvalue weighted by molar-refractivity contribution is 5.69. The number of rotatable bonds is 6. The first kappa shape index (κ1) is 20.5. The molecule has 2 aromatic heterocycles. The fourth-order valence-corrected chi connectivity index (χ4v) is 2.79. The van der Waals surface area contributed by atoms with Crippen molar-refractivity contribution in [2.24, 2.45) is 0 Å². The molecule has 0 saturated carbocycles. The summed E-state index contributed by atoms with van der Waals surface area (Å²) in [7, 11) is 1.64. The second-order valence-electron chi connectivity index (χ2n) is 6.55. The number of aryl methyl sites for hydroxylation is 1. The first-order chi connectivity index (χ1) is 13.6. The van der Waals surface area contributed by atoms with E-state index in [9.17, 15) is 18.0 Å². The van der Waals surface area contributed by atoms with Crippen molar-refractivity contribution >= 4 is 5.97 Å². The zero-order valence-electron chi connectivity index (χ0n) is 15.6. The number of hydrogen-bond acceptors (Lipinski definition) is 6. The van der Waals surface area contributed by atoms with E-state index in [4.69, 9.17) is 9.63 Å². The summed E-state index contributed by atoms with van der Waals surface area (Å²) in [6.07, 6.45) is -2.96. The van der Waals surface area contributed by atoms with Crippen molar-refractivity contribution in [2.45, 2.75) is 19.6 Å². The minimum Gasteiger partial charge on any atom is -0.480 e. The van der Waals surface area contributed by atoms with Crippen LogP contribution >= 0.6 is 0 Å². The highest BCUT2D eigenvalue weighted by Gasteiger charge is 2.33. The summed E-state index contributed by atoms with van der Waals surface area (Å²) in [6.45, 7) is 1.52. The maximum Gasteiger partial charge on any atom is 0.416 e. The van der Waals surface area contributed by atoms with Crippen molar-refractivity contribution in [2.75, 3.05) is 13.6 Å². The monoisotopic (exact) mass is 406 g/mol. The Labute approximate surface area is 163 Å². The quantitative estimate of drug-likeness (QED) is 0.668. The van der Waals surface area contributed by atoms with Gasteiger partial charge < -0.3 is 9.63 Å². The molecule has 0 aliphatic carbocycles. The molecule has 0 saturated heterocycles. The fourth-order valence-electron chi connectivity index (χ4n) is 2.79. The van der Waals surface area contributed by atoms with Crippen molar-refractivity contribution in [3.05, 3.63) is 53.3 Å². The maximum absolute atomic E-state index is 13.1. The molecule has 3 aromatic rings. The van der Waals surface area contributed by atoms with E-state index in [1.807, 2.05) is 0 Å². The van der Waals surface area contributed by atoms with Crippen molar-refractivity contribution < 1.29 is 27.6 Å². The first-order valence-corrected chi connectivity index (χ1v) is 8.51. The number of nitrogens with zero attached hydrogens (tertiary/aromatic N) is 4. The van der Waals surface area contributed by atoms with E-state index in [0.29, 0.717) is 11.3 Å². The first-order valence-electron chi connectivity index (χ1n) is 8.51. The van der Waals surface area contributed by atoms with Crippen LogP contribution in [0, 0.1) is 6.92 Å². The Morgan fingerprint density at radius 3 is 2.66 bits per heavy atom. The van der Waals surface area contributed by atoms with E-state index in [0.717, 1.165) is 6.07 Å². The van der Waals surface area contributed by atoms with Gasteiger partial charge in [-0.25, -0.2) is 0 Å². The van der Waals surface area contributed by atoms with Gasteiger partial charge in [-0.05, 0) is 43.8 Å². The number of likely N-dealkylation sites (N-methyl/N-ethyl adjacent to an activating group) is 1. The number of carbonyl (C=O) groups is 1. The van der Waals surface area contributed by atoms with Crippen LogP contribution in [0.2, 0.25) is 0 Å². The summed E-state index contributed by atoms with van der Waals surface area (Å²) in [6, 6.07) is 7.12. The normalized spacial score (nSPS) is 11.8. The third-order valence-electron chi connectivity index (χ3n) is 4.13. The minimum atomic E-state index is -4.48. The van der Waals surface area contributed by atoms with Crippen molar-refractivity contribution in [3.8, 4) is 22.8 Å². The standard InChI is InChI=1S/C19H17F3N4O3/c1-11-3-4-13(8-15(11)19(20,21)22)18-24-17(25-29-18)12-5-6-23-14(7-12)9-26(2)10-16(27)28/h3-8H,9-10H2,1-2H3,(H,27,28). The molecule has 0 unspecified atom stereocenters. The number of benzene rings is 1. The van der Waals surface area contributed by atoms with Crippen LogP contribution in [0.3, 0.4) is 0 Å². The van der Waals surface area contributed by atoms with Gasteiger partial charge in [-0.3, -0.25) is 14.7 Å². The van der Waals surface area contributed by atoms with Gasteiger partial charge in [-0.1, -0.05) is 11.2 Å². The molecule has 29 heavy (non-hydrogen) atoms. The average molecular weight is 406 g/mol. The molecular formula is C19H17F3N4O3. The Hall–Kier alpha value is -3.27. The van der Waals surface area contributed by atoms with Gasteiger partial charge in [0, 0.05) is 23.9 Å². The van der Waals surface area contributed by atoms with Crippen LogP contribution in [-0.2, 0) is 17.5 Å². The zero-order chi connectivity index (χ0) is 21.2. The summed E-state index contributed by atoms with van der Waals surface area (Å²) < 4.78 is 44.5. The van der Waals surface area contributed by atoms with Gasteiger partial charge in [-0.2, -0.15) is 18.2 Å². The van der Waals surface area contributed by atoms with E-state index < -0.39 is 17.7 Å². The topological polar surface area (TPSA) is 92.4 Å². The molecule has 7 nitrogen and oxygen atoms in total. The number of pyridine rings is 1. The highest BCUT2D eigenvalue weighted by Crippen LogP contribution is 2.34. The molecule has 10 heteroatoms. The van der Waals surface area contributed by atoms with Crippen LogP contribution in [0.15, 0.2) is 41.1 Å². The van der Waals surface area contributed by atoms with Crippen LogP contribution < -0.4 is 0 Å². The third-order valence-corrected chi connectivity index (χ3v) is 4.13. The highest BCUT2D eigenvalue weighted by atomic mass is 19.4. The maximum atomic E-state index is 13.1. The molecule has 0 amide bonds. The predicted molar refractivity (Wildman–Crippen MR) is 96.7 cm³/mol. The van der Waals surface area contributed by atoms with Gasteiger partial charge in [0.25, 0.3) is 5.89 Å². The molecule has 0 atom stereocenters. The molecule has 2 heterocycles. The molecule has 0 bridgehead atoms. The van der Waals surface area contributed by atoms with Crippen LogP contribution in [0.4, 0.5) is 13.2 Å². The Bertz CT molecular complexity index is 1030. The summed E-state index contributed by atoms with van der Waals surface area (Å²) >= 11 is 0. The molecule has 3 rings (SSSR count). The third kappa shape index (κ3) is 4.96. The lowest BCUT2D eigenvalue weighted by Gasteiger charge is -2.13. The largest absolute Gasteiger partial charge is 0.480 e. The van der Waals surface area contributed by atoms with E-state index in [1.165, 1.54) is 25.3 Å². The molecule has 0 spiro atoms. The number of aromatic nitrogens is 3. The Balaban J connectivity index is 1.86. The fraction of sp³-hybridized carbons (Fsp3) is 0.263. The van der Waals surface area contributed by atoms with Gasteiger partial charge in [0.15, 0.2) is 0 Å². The number of carboxylic acids is 1. The Morgan fingerprint density at radius 2 is 1.97 bits per heavy atom. The number of hydrogen-bond donors (Lipinski definition) is 1. The van der Waals surface area contributed by atoms with E-state index >= 15 is 0 Å². The summed E-state index contributed by atoms with van der Waals surface area (Å²) in [5.41, 5.74) is 0.647. The Morgan fingerprint density at radius 1 is 1.21 bits per heavy atom. The number of halogens is 3. The molecule has 0 radical (unpaired) electrons. The van der Waals surface area contributed by atoms with Crippen LogP contribution in [-0.4, -0.2) is 44.7 Å². The molecular weight excluding hydrogens is 389 g/mol. The molecule has 152 valence electrons. The van der Waals surface area contributed by atoms with Gasteiger partial charge in [0.2, 0.25) is 5.82 Å². The SMILES string of the molecule is Cc1ccc(-c2nc(-c3ccnc(CN(C)CC(=O)O)c3)no2)cc1C(F)(F)F. The van der Waals surface area contributed by atoms with Crippen molar-refractivity contribution in [1.82, 2.24) is 20.0 Å². The van der Waals surface area contributed by atoms with Crippen LogP contribution in [0.5, 0.6) is 0 Å². The second kappa shape index (κ2) is 8.00. The van der Waals surface area contributed by atoms with Gasteiger partial charge in [-0.15, -0.1) is 0 Å². The summed E-state index contributed by atoms with van der Waals surface area (Å²) in [5, 5.41) is 12.7. The van der Waals surface area contributed by atoms with E-state index in [1.54, 1.807) is 24.1 Å². The number of carboxylic acid groups (broad SMARTS) is 1. The van der Waals surface area contributed by atoms with E-state index in [2.05, 4.69) is 15.1 Å². The lowest BCUT2D eigenvalue weighted by atomic mass is 10.0. The molecule has 1 aromatic carbocycles. The van der Waals surface area contributed by atoms with Crippen molar-refractivity contribution in [3.63, 3.8) is 0 Å². The predicted octanol–water partition coefficient (Wildman–Crippen LogP) is 3.64. The zero-order valence-corrected chi connectivity index (χ0v) is 15.6. The van der Waals surface area contributed by atoms with Gasteiger partial charge in [0.1, 0.15) is 0 Å². The van der Waals surface area contributed by atoms with Gasteiger partial charge >= 0.3 is 12.1 Å². The average Bonchev–Trinajstić information content (AvgIpc) is 3.10.